The summed E-state index contributed by atoms with van der Waals surface area (Å²) >= 11 is 0. The van der Waals surface area contributed by atoms with Crippen molar-refractivity contribution in [2.45, 2.75) is 61.0 Å². The van der Waals surface area contributed by atoms with Gasteiger partial charge >= 0.3 is 53.6 Å². The topological polar surface area (TPSA) is 26.3 Å². The highest BCUT2D eigenvalue weighted by molar-refractivity contribution is 5.91. The summed E-state index contributed by atoms with van der Waals surface area (Å²) in [5.74, 6) is -63.2. The van der Waals surface area contributed by atoms with Crippen LogP contribution in [0.2, 0.25) is 0 Å². The summed E-state index contributed by atoms with van der Waals surface area (Å²) in [5.41, 5.74) is -4.16. The first-order valence-corrected chi connectivity index (χ1v) is 7.99. The van der Waals surface area contributed by atoms with E-state index in [0.717, 1.165) is 6.92 Å². The van der Waals surface area contributed by atoms with Gasteiger partial charge in [-0.25, -0.2) is 4.79 Å². The largest absolute Gasteiger partial charge is 0.462 e. The summed E-state index contributed by atoms with van der Waals surface area (Å²) in [6.45, 7) is -0.191. The molecule has 0 radical (unpaired) electrons. The molecule has 2 nitrogen and oxygen atoms in total. The van der Waals surface area contributed by atoms with E-state index < -0.39 is 78.3 Å². The second-order valence-electron chi connectivity index (χ2n) is 6.29. The molecule has 21 heteroatoms. The van der Waals surface area contributed by atoms with Crippen LogP contribution < -0.4 is 0 Å². The molecule has 0 aliphatic carbocycles. The van der Waals surface area contributed by atoms with Crippen molar-refractivity contribution in [3.63, 3.8) is 0 Å². The van der Waals surface area contributed by atoms with Gasteiger partial charge in [-0.3, -0.25) is 0 Å². The van der Waals surface area contributed by atoms with Crippen molar-refractivity contribution in [3.05, 3.63) is 11.7 Å². The van der Waals surface area contributed by atoms with Gasteiger partial charge in [0.2, 0.25) is 0 Å². The maximum atomic E-state index is 13.8. The maximum Gasteiger partial charge on any atom is 0.460 e. The predicted molar refractivity (Wildman–Crippen MR) is 71.2 cm³/mol. The Hall–Kier alpha value is -2.12. The highest BCUT2D eigenvalue weighted by Crippen LogP contribution is 2.64. The first kappa shape index (κ1) is 32.9. The van der Waals surface area contributed by atoms with Gasteiger partial charge in [0.05, 0.1) is 6.61 Å². The second kappa shape index (κ2) is 9.07. The molecule has 0 fully saturated rings. The first-order valence-electron chi connectivity index (χ1n) is 7.99. The first-order chi connectivity index (χ1) is 15.1. The number of alkyl halides is 17. The zero-order valence-electron chi connectivity index (χ0n) is 15.9. The lowest BCUT2D eigenvalue weighted by Gasteiger charge is -2.42. The van der Waals surface area contributed by atoms with Crippen molar-refractivity contribution < 1.29 is 92.9 Å². The molecule has 0 saturated carbocycles. The molecule has 0 aromatic carbocycles. The molecule has 0 N–H and O–H groups in total. The van der Waals surface area contributed by atoms with E-state index in [1.165, 1.54) is 0 Å². The molecule has 0 amide bonds. The van der Waals surface area contributed by atoms with Crippen molar-refractivity contribution >= 4 is 5.97 Å². The Morgan fingerprint density at radius 1 is 0.571 bits per heavy atom. The fraction of sp³-hybridized carbons (Fsp3) is 0.786. The van der Waals surface area contributed by atoms with Gasteiger partial charge in [0, 0.05) is 0 Å². The molecule has 0 rings (SSSR count). The normalized spacial score (nSPS) is 15.2. The van der Waals surface area contributed by atoms with E-state index in [-0.39, 0.29) is 0 Å². The minimum absolute atomic E-state index is 0.460. The van der Waals surface area contributed by atoms with Crippen LogP contribution in [-0.2, 0) is 9.53 Å². The van der Waals surface area contributed by atoms with Gasteiger partial charge in [0.25, 0.3) is 6.08 Å². The lowest BCUT2D eigenvalue weighted by Crippen LogP contribution is -2.74. The van der Waals surface area contributed by atoms with E-state index in [1.54, 1.807) is 0 Å². The van der Waals surface area contributed by atoms with Gasteiger partial charge in [-0.15, -0.1) is 0 Å². The lowest BCUT2D eigenvalue weighted by atomic mass is 9.87. The monoisotopic (exact) mass is 568 g/mol. The lowest BCUT2D eigenvalue weighted by molar-refractivity contribution is -0.460. The number of carbonyl (C=O) groups excluding carboxylic acids is 1. The Kier molecular flexibility index (Phi) is 8.52. The second-order valence-corrected chi connectivity index (χ2v) is 6.29. The quantitative estimate of drug-likeness (QED) is 0.160. The molecule has 35 heavy (non-hydrogen) atoms. The molecule has 0 spiro atoms. The summed E-state index contributed by atoms with van der Waals surface area (Å²) in [7, 11) is 0. The fourth-order valence-electron chi connectivity index (χ4n) is 1.91. The van der Waals surface area contributed by atoms with Gasteiger partial charge in [0.15, 0.2) is 5.57 Å². The van der Waals surface area contributed by atoms with Gasteiger partial charge in [-0.1, -0.05) is 6.92 Å². The van der Waals surface area contributed by atoms with E-state index in [0.29, 0.717) is 0 Å². The van der Waals surface area contributed by atoms with E-state index in [1.807, 2.05) is 0 Å². The molecule has 0 atom stereocenters. The number of rotatable bonds is 10. The average Bonchev–Trinajstić information content (AvgIpc) is 2.63. The van der Waals surface area contributed by atoms with Crippen LogP contribution >= 0.6 is 0 Å². The fourth-order valence-corrected chi connectivity index (χ4v) is 1.91. The van der Waals surface area contributed by atoms with Crippen molar-refractivity contribution in [1.29, 1.82) is 0 Å². The molecular formula is C14H7F19O2. The summed E-state index contributed by atoms with van der Waals surface area (Å²) in [4.78, 5) is 11.1. The van der Waals surface area contributed by atoms with Crippen LogP contribution in [0.4, 0.5) is 83.4 Å². The number of hydrogen-bond acceptors (Lipinski definition) is 2. The molecule has 0 aromatic heterocycles. The highest BCUT2D eigenvalue weighted by atomic mass is 19.4. The van der Waals surface area contributed by atoms with Gasteiger partial charge in [-0.05, 0) is 6.42 Å². The third kappa shape index (κ3) is 4.57. The third-order valence-electron chi connectivity index (χ3n) is 3.87. The molecule has 0 aliphatic heterocycles. The Morgan fingerprint density at radius 2 is 0.886 bits per heavy atom. The Labute approximate surface area is 179 Å². The van der Waals surface area contributed by atoms with Crippen LogP contribution in [0, 0.1) is 0 Å². The van der Waals surface area contributed by atoms with E-state index in [4.69, 9.17) is 0 Å². The molecule has 0 heterocycles. The van der Waals surface area contributed by atoms with E-state index >= 15 is 0 Å². The smallest absolute Gasteiger partial charge is 0.460 e. The molecule has 208 valence electrons. The molecule has 0 aliphatic rings. The summed E-state index contributed by atoms with van der Waals surface area (Å²) < 4.78 is 252. The molecule has 0 bridgehead atoms. The molecular weight excluding hydrogens is 561 g/mol. The van der Waals surface area contributed by atoms with Crippen molar-refractivity contribution in [1.82, 2.24) is 0 Å². The van der Waals surface area contributed by atoms with Gasteiger partial charge < -0.3 is 4.74 Å². The number of hydrogen-bond donors (Lipinski definition) is 0. The van der Waals surface area contributed by atoms with Crippen LogP contribution in [-0.4, -0.2) is 60.2 Å². The van der Waals surface area contributed by atoms with Gasteiger partial charge in [0.1, 0.15) is 0 Å². The van der Waals surface area contributed by atoms with Crippen LogP contribution in [0.1, 0.15) is 13.3 Å². The number of esters is 1. The summed E-state index contributed by atoms with van der Waals surface area (Å²) in [6.07, 6.45) is -12.7. The Morgan fingerprint density at radius 3 is 1.17 bits per heavy atom. The average molecular weight is 568 g/mol. The van der Waals surface area contributed by atoms with Crippen LogP contribution in [0.5, 0.6) is 0 Å². The Bertz CT molecular complexity index is 818. The molecule has 0 aromatic rings. The zero-order chi connectivity index (χ0) is 28.9. The zero-order valence-corrected chi connectivity index (χ0v) is 15.9. The minimum atomic E-state index is -8.95. The van der Waals surface area contributed by atoms with Crippen molar-refractivity contribution in [3.8, 4) is 0 Å². The van der Waals surface area contributed by atoms with Crippen molar-refractivity contribution in [2.75, 3.05) is 6.61 Å². The number of ether oxygens (including phenoxy) is 1. The van der Waals surface area contributed by atoms with Gasteiger partial charge in [-0.2, -0.15) is 83.4 Å². The summed E-state index contributed by atoms with van der Waals surface area (Å²) in [5, 5.41) is 0. The maximum absolute atomic E-state index is 13.8. The SMILES string of the molecule is CCCOC(=O)C(=C(F)F)C(F)(F)C(F)(F)C(F)(F)C(F)(F)C(F)(F)C(F)(F)C(F)(F)C(F)(F)F. The number of carbonyl (C=O) groups is 1. The Balaban J connectivity index is 7.01. The van der Waals surface area contributed by atoms with E-state index in [2.05, 4.69) is 4.74 Å². The molecule has 0 saturated heterocycles. The van der Waals surface area contributed by atoms with Crippen LogP contribution in [0.15, 0.2) is 11.7 Å². The minimum Gasteiger partial charge on any atom is -0.462 e. The predicted octanol–water partition coefficient (Wildman–Crippen LogP) is 7.10. The van der Waals surface area contributed by atoms with Crippen LogP contribution in [0.25, 0.3) is 0 Å². The third-order valence-corrected chi connectivity index (χ3v) is 3.87. The standard InChI is InChI=1S/C14H7F19O2/c1-2-3-35-6(34)4(5(15)16)7(17,18)8(19,20)9(21,22)10(23,24)11(25,26)12(27,28)13(29,30)14(31,32)33/h2-3H2,1H3. The van der Waals surface area contributed by atoms with E-state index in [9.17, 15) is 88.2 Å². The van der Waals surface area contributed by atoms with Crippen molar-refractivity contribution in [2.24, 2.45) is 0 Å². The summed E-state index contributed by atoms with van der Waals surface area (Å²) in [6, 6.07) is 0. The molecule has 0 unspecified atom stereocenters. The van der Waals surface area contributed by atoms with Crippen LogP contribution in [0.3, 0.4) is 0 Å². The number of halogens is 19. The highest BCUT2D eigenvalue weighted by Gasteiger charge is 2.95.